The monoisotopic (exact) mass is 428 g/mol. The number of amides is 1. The summed E-state index contributed by atoms with van der Waals surface area (Å²) in [6, 6.07) is 13.6. The van der Waals surface area contributed by atoms with Crippen LogP contribution in [0.3, 0.4) is 0 Å². The molecule has 30 heavy (non-hydrogen) atoms. The molecule has 2 aromatic rings. The highest BCUT2D eigenvalue weighted by atomic mass is 32.2. The number of aryl methyl sites for hydroxylation is 1. The van der Waals surface area contributed by atoms with Crippen LogP contribution in [0.4, 0.5) is 0 Å². The topological polar surface area (TPSA) is 92.8 Å². The minimum atomic E-state index is -3.95. The van der Waals surface area contributed by atoms with E-state index in [2.05, 4.69) is 4.72 Å². The van der Waals surface area contributed by atoms with Crippen LogP contribution in [0, 0.1) is 6.92 Å². The number of ether oxygens (including phenoxy) is 1. The Morgan fingerprint density at radius 1 is 1.13 bits per heavy atom. The zero-order valence-corrected chi connectivity index (χ0v) is 17.6. The number of esters is 1. The van der Waals surface area contributed by atoms with Crippen molar-refractivity contribution in [3.63, 3.8) is 0 Å². The van der Waals surface area contributed by atoms with Crippen molar-refractivity contribution in [2.45, 2.75) is 30.3 Å². The molecule has 0 fully saturated rings. The van der Waals surface area contributed by atoms with Crippen molar-refractivity contribution in [2.75, 3.05) is 13.7 Å². The number of methoxy groups -OCH3 is 1. The Morgan fingerprint density at radius 3 is 2.43 bits per heavy atom. The fraction of sp³-hybridized carbons (Fsp3) is 0.273. The highest BCUT2D eigenvalue weighted by molar-refractivity contribution is 7.89. The van der Waals surface area contributed by atoms with Crippen molar-refractivity contribution in [1.29, 1.82) is 0 Å². The van der Waals surface area contributed by atoms with Crippen LogP contribution in [0.5, 0.6) is 0 Å². The van der Waals surface area contributed by atoms with Gasteiger partial charge in [0, 0.05) is 6.54 Å². The lowest BCUT2D eigenvalue weighted by Crippen LogP contribution is -2.52. The van der Waals surface area contributed by atoms with Gasteiger partial charge in [-0.05, 0) is 31.0 Å². The second kappa shape index (κ2) is 9.23. The molecular weight excluding hydrogens is 404 g/mol. The molecule has 1 N–H and O–H groups in total. The van der Waals surface area contributed by atoms with Gasteiger partial charge in [-0.25, -0.2) is 13.2 Å². The molecule has 0 aromatic heterocycles. The molecule has 7 nitrogen and oxygen atoms in total. The van der Waals surface area contributed by atoms with E-state index in [1.165, 1.54) is 24.1 Å². The lowest BCUT2D eigenvalue weighted by Gasteiger charge is -2.28. The first-order valence-corrected chi connectivity index (χ1v) is 11.0. The molecule has 2 atom stereocenters. The van der Waals surface area contributed by atoms with Crippen LogP contribution < -0.4 is 4.72 Å². The molecule has 1 aliphatic heterocycles. The molecule has 1 heterocycles. The van der Waals surface area contributed by atoms with E-state index in [4.69, 9.17) is 4.74 Å². The second-order valence-corrected chi connectivity index (χ2v) is 8.78. The van der Waals surface area contributed by atoms with E-state index in [1.807, 2.05) is 37.3 Å². The number of nitrogens with one attached hydrogen (secondary N) is 1. The summed E-state index contributed by atoms with van der Waals surface area (Å²) in [5.74, 6) is -1.06. The van der Waals surface area contributed by atoms with E-state index in [9.17, 15) is 18.0 Å². The van der Waals surface area contributed by atoms with Gasteiger partial charge in [0.1, 0.15) is 12.1 Å². The summed E-state index contributed by atoms with van der Waals surface area (Å²) in [4.78, 5) is 26.7. The Morgan fingerprint density at radius 2 is 1.80 bits per heavy atom. The van der Waals surface area contributed by atoms with Crippen molar-refractivity contribution in [2.24, 2.45) is 0 Å². The standard InChI is InChI=1S/C22H24N2O5S/c1-16-10-12-18(13-11-16)30(27,28)23-19(15-17-7-4-3-5-8-17)21(25)24-14-6-9-20(24)22(26)29-2/h3-13,19-20,23H,14-15H2,1-2H3. The van der Waals surface area contributed by atoms with E-state index in [0.717, 1.165) is 11.1 Å². The number of nitrogens with zero attached hydrogens (tertiary/aromatic N) is 1. The van der Waals surface area contributed by atoms with Crippen LogP contribution in [0.15, 0.2) is 71.6 Å². The maximum atomic E-state index is 13.3. The molecule has 1 aliphatic rings. The smallest absolute Gasteiger partial charge is 0.332 e. The Hall–Kier alpha value is -2.97. The molecule has 0 saturated carbocycles. The molecule has 158 valence electrons. The molecule has 3 rings (SSSR count). The van der Waals surface area contributed by atoms with Crippen LogP contribution in [-0.4, -0.2) is 50.9 Å². The number of rotatable bonds is 7. The van der Waals surface area contributed by atoms with Crippen molar-refractivity contribution in [1.82, 2.24) is 9.62 Å². The largest absolute Gasteiger partial charge is 0.467 e. The number of hydrogen-bond acceptors (Lipinski definition) is 5. The molecule has 0 bridgehead atoms. The molecule has 2 aromatic carbocycles. The lowest BCUT2D eigenvalue weighted by atomic mass is 10.1. The van der Waals surface area contributed by atoms with Gasteiger partial charge < -0.3 is 9.64 Å². The fourth-order valence-electron chi connectivity index (χ4n) is 3.28. The Bertz CT molecular complexity index is 1030. The van der Waals surface area contributed by atoms with Crippen LogP contribution >= 0.6 is 0 Å². The van der Waals surface area contributed by atoms with E-state index in [0.29, 0.717) is 0 Å². The Labute approximate surface area is 176 Å². The SMILES string of the molecule is COC(=O)C1C=CCN1C(=O)C(Cc1ccccc1)NS(=O)(=O)c1ccc(C)cc1. The first kappa shape index (κ1) is 21.7. The molecule has 0 radical (unpaired) electrons. The van der Waals surface area contributed by atoms with E-state index in [-0.39, 0.29) is 17.9 Å². The Balaban J connectivity index is 1.89. The summed E-state index contributed by atoms with van der Waals surface area (Å²) < 4.78 is 33.2. The highest BCUT2D eigenvalue weighted by Crippen LogP contribution is 2.17. The molecule has 1 amide bonds. The number of carbonyl (C=O) groups excluding carboxylic acids is 2. The van der Waals surface area contributed by atoms with Crippen LogP contribution in [0.25, 0.3) is 0 Å². The zero-order valence-electron chi connectivity index (χ0n) is 16.8. The number of carbonyl (C=O) groups is 2. The second-order valence-electron chi connectivity index (χ2n) is 7.06. The van der Waals surface area contributed by atoms with Gasteiger partial charge in [-0.1, -0.05) is 60.2 Å². The van der Waals surface area contributed by atoms with Gasteiger partial charge in [0.25, 0.3) is 0 Å². The van der Waals surface area contributed by atoms with Crippen LogP contribution in [-0.2, 0) is 30.8 Å². The predicted octanol–water partition coefficient (Wildman–Crippen LogP) is 1.82. The van der Waals surface area contributed by atoms with Gasteiger partial charge in [0.15, 0.2) is 0 Å². The lowest BCUT2D eigenvalue weighted by molar-refractivity contribution is -0.150. The van der Waals surface area contributed by atoms with Gasteiger partial charge in [0.2, 0.25) is 15.9 Å². The quantitative estimate of drug-likeness (QED) is 0.537. The average molecular weight is 429 g/mol. The van der Waals surface area contributed by atoms with E-state index >= 15 is 0 Å². The van der Waals surface area contributed by atoms with Crippen LogP contribution in [0.1, 0.15) is 11.1 Å². The van der Waals surface area contributed by atoms with Crippen molar-refractivity contribution < 1.29 is 22.7 Å². The van der Waals surface area contributed by atoms with E-state index in [1.54, 1.807) is 24.3 Å². The van der Waals surface area contributed by atoms with Crippen molar-refractivity contribution in [3.8, 4) is 0 Å². The molecule has 0 spiro atoms. The summed E-state index contributed by atoms with van der Waals surface area (Å²) in [5, 5.41) is 0. The summed E-state index contributed by atoms with van der Waals surface area (Å²) in [6.45, 7) is 2.06. The highest BCUT2D eigenvalue weighted by Gasteiger charge is 2.36. The normalized spacial score (nSPS) is 17.0. The third-order valence-corrected chi connectivity index (χ3v) is 6.38. The molecular formula is C22H24N2O5S. The number of hydrogen-bond donors (Lipinski definition) is 1. The predicted molar refractivity (Wildman–Crippen MR) is 112 cm³/mol. The van der Waals surface area contributed by atoms with Gasteiger partial charge in [0.05, 0.1) is 12.0 Å². The van der Waals surface area contributed by atoms with Crippen LogP contribution in [0.2, 0.25) is 0 Å². The van der Waals surface area contributed by atoms with Gasteiger partial charge in [-0.3, -0.25) is 4.79 Å². The van der Waals surface area contributed by atoms with Crippen molar-refractivity contribution >= 4 is 21.9 Å². The number of benzene rings is 2. The summed E-state index contributed by atoms with van der Waals surface area (Å²) in [7, 11) is -2.70. The number of sulfonamides is 1. The third kappa shape index (κ3) is 4.95. The summed E-state index contributed by atoms with van der Waals surface area (Å²) >= 11 is 0. The van der Waals surface area contributed by atoms with Gasteiger partial charge in [-0.15, -0.1) is 0 Å². The average Bonchev–Trinajstić information content (AvgIpc) is 3.23. The van der Waals surface area contributed by atoms with Gasteiger partial charge in [-0.2, -0.15) is 4.72 Å². The molecule has 8 heteroatoms. The van der Waals surface area contributed by atoms with Crippen molar-refractivity contribution in [3.05, 3.63) is 77.9 Å². The van der Waals surface area contributed by atoms with Gasteiger partial charge >= 0.3 is 5.97 Å². The maximum Gasteiger partial charge on any atom is 0.332 e. The summed E-state index contributed by atoms with van der Waals surface area (Å²) in [6.07, 6.45) is 3.42. The van der Waals surface area contributed by atoms with E-state index < -0.39 is 34.0 Å². The fourth-order valence-corrected chi connectivity index (χ4v) is 4.47. The Kier molecular flexibility index (Phi) is 6.69. The molecule has 0 saturated heterocycles. The maximum absolute atomic E-state index is 13.3. The minimum Gasteiger partial charge on any atom is -0.467 e. The molecule has 2 unspecified atom stereocenters. The molecule has 0 aliphatic carbocycles. The summed E-state index contributed by atoms with van der Waals surface area (Å²) in [5.41, 5.74) is 1.72. The zero-order chi connectivity index (χ0) is 21.7. The first-order chi connectivity index (χ1) is 14.3. The first-order valence-electron chi connectivity index (χ1n) is 9.50. The minimum absolute atomic E-state index is 0.0722. The third-order valence-electron chi connectivity index (χ3n) is 4.89.